The van der Waals surface area contributed by atoms with Gasteiger partial charge in [-0.2, -0.15) is 0 Å². The summed E-state index contributed by atoms with van der Waals surface area (Å²) < 4.78 is 185. The summed E-state index contributed by atoms with van der Waals surface area (Å²) in [5.74, 6) is 0. The van der Waals surface area contributed by atoms with Gasteiger partial charge in [-0.3, -0.25) is 0 Å². The maximum atomic E-state index is 9.04. The Kier molecular flexibility index (Phi) is 19.6. The maximum Gasteiger partial charge on any atom is 0.241 e. The van der Waals surface area contributed by atoms with E-state index < -0.39 is 68.1 Å². The Morgan fingerprint density at radius 3 is 0.917 bits per heavy atom. The second-order valence-electron chi connectivity index (χ2n) is 41.9. The summed E-state index contributed by atoms with van der Waals surface area (Å²) in [7, 11) is 5.79. The first-order valence-electron chi connectivity index (χ1n) is 57.4. The highest BCUT2D eigenvalue weighted by molar-refractivity contribution is 7.13. The van der Waals surface area contributed by atoms with E-state index >= 15 is 0 Å². The first-order valence-corrected chi connectivity index (χ1v) is 46.9. The van der Waals surface area contributed by atoms with E-state index in [-0.39, 0.29) is 64.2 Å². The Morgan fingerprint density at radius 1 is 0.235 bits per heavy atom. The van der Waals surface area contributed by atoms with E-state index in [1.54, 1.807) is 53.7 Å². The van der Waals surface area contributed by atoms with Gasteiger partial charge in [0.2, 0.25) is 57.4 Å². The third-order valence-corrected chi connectivity index (χ3v) is 28.4. The molecule has 0 unspecified atom stereocenters. The lowest BCUT2D eigenvalue weighted by molar-refractivity contribution is -0.660. The molecule has 0 amide bonds. The average molecular weight is 1740 g/mol. The van der Waals surface area contributed by atoms with E-state index in [0.29, 0.717) is 73.9 Å². The fourth-order valence-corrected chi connectivity index (χ4v) is 22.6. The average Bonchev–Trinajstić information content (AvgIpc) is 0.732. The predicted octanol–water partition coefficient (Wildman–Crippen LogP) is 14.9. The molecule has 12 aromatic carbocycles. The number of aromatic nitrogens is 3. The summed E-state index contributed by atoms with van der Waals surface area (Å²) >= 11 is 0. The number of fused-ring (bicyclic) bond motifs is 6. The fourth-order valence-electron chi connectivity index (χ4n) is 22.6. The predicted molar refractivity (Wildman–Crippen MR) is 580 cm³/mol. The fraction of sp³-hybridized carbons (Fsp3) is 0.293. The van der Waals surface area contributed by atoms with Crippen LogP contribution < -0.4 is 112 Å². The van der Waals surface area contributed by atoms with Gasteiger partial charge in [0.05, 0.1) is 0 Å². The van der Waals surface area contributed by atoms with Crippen LogP contribution in [-0.4, -0.2) is 40.3 Å². The minimum Gasteiger partial charge on any atom is -0.201 e. The second kappa shape index (κ2) is 36.8. The zero-order valence-electron chi connectivity index (χ0n) is 103. The van der Waals surface area contributed by atoms with E-state index in [0.717, 1.165) is 89.1 Å². The Labute approximate surface area is 825 Å². The largest absolute Gasteiger partial charge is 0.241 e. The van der Waals surface area contributed by atoms with Gasteiger partial charge in [0.1, 0.15) is 21.1 Å². The molecule has 0 aliphatic carbocycles. The summed E-state index contributed by atoms with van der Waals surface area (Å²) in [6, 6.07) is 80.1. The highest BCUT2D eigenvalue weighted by Crippen LogP contribution is 2.34. The van der Waals surface area contributed by atoms with Gasteiger partial charge in [-0.15, -0.1) is 0 Å². The molecule has 18 rings (SSSR count). The highest BCUT2D eigenvalue weighted by Gasteiger charge is 2.46. The molecule has 3 aliphatic rings. The summed E-state index contributed by atoms with van der Waals surface area (Å²) in [4.78, 5) is 0. The molecule has 0 bridgehead atoms. The maximum absolute atomic E-state index is 9.04. The molecule has 0 radical (unpaired) electrons. The molecular formula is C123H138B6N3+3. The standard InChI is InChI=1S/C42H48B2N.C41H46B2N.C40H44B2N/c1-26-20-27(2)40(28(3)21-26)43-35-16-12-14-18-37(35)44(38-19-15-13-17-36(38)43)41-29(4)22-34(31(6)32(41)7)39-23-33(24-42(8,9)10)30(5)25-45(39)11;1-26-16-15-17-27(2)39(26)42-34-18-11-13-20-36(34)43(37-21-14-12-19-35(37)42)40-28(3)22-33(30(5)31(40)6)38-23-32(24-41(7,8)9)29(4)25-44(38)10;1-26-14-12-15-27(2)37(26)41-33-18-10-11-19-34(33)42(38-28(3)16-13-17-29(38)4)39-30(5)32(20-21-35(39)41)36-24-31(22-23-43(36)9)25-40(6,7)8/h12-23,25H,24H2,1-11H3;11-23,25H,24H2,1-10H3;10-24H,25H2,1-9H3/q3*+1/i1D3,2D3,5D3,7D3;1D3,4D3,6D3;. The van der Waals surface area contributed by atoms with Crippen molar-refractivity contribution in [2.24, 2.45) is 37.4 Å². The zero-order chi connectivity index (χ0) is 112. The van der Waals surface area contributed by atoms with Crippen molar-refractivity contribution < 1.29 is 42.5 Å². The minimum atomic E-state index is -2.62. The van der Waals surface area contributed by atoms with E-state index in [1.165, 1.54) is 83.5 Å². The normalized spacial score (nSPS) is 15.8. The van der Waals surface area contributed by atoms with Gasteiger partial charge in [0.25, 0.3) is 0 Å². The van der Waals surface area contributed by atoms with Crippen LogP contribution >= 0.6 is 0 Å². The van der Waals surface area contributed by atoms with Crippen LogP contribution in [0.3, 0.4) is 0 Å². The van der Waals surface area contributed by atoms with Gasteiger partial charge < -0.3 is 0 Å². The lowest BCUT2D eigenvalue weighted by Crippen LogP contribution is -2.76. The van der Waals surface area contributed by atoms with Gasteiger partial charge in [-0.1, -0.05) is 427 Å². The van der Waals surface area contributed by atoms with Crippen LogP contribution in [0.5, 0.6) is 0 Å². The quantitative estimate of drug-likeness (QED) is 0.0853. The van der Waals surface area contributed by atoms with Crippen LogP contribution in [0, 0.1) is 140 Å². The van der Waals surface area contributed by atoms with Crippen molar-refractivity contribution in [1.29, 1.82) is 0 Å². The number of hydrogen-bond acceptors (Lipinski definition) is 0. The molecule has 0 N–H and O–H groups in total. The molecule has 132 heavy (non-hydrogen) atoms. The number of nitrogens with zero attached hydrogens (tertiary/aromatic N) is 3. The molecule has 0 spiro atoms. The molecule has 660 valence electrons. The highest BCUT2D eigenvalue weighted by atomic mass is 14.9. The molecule has 0 fully saturated rings. The Bertz CT molecular complexity index is 7800. The van der Waals surface area contributed by atoms with Crippen LogP contribution in [0.4, 0.5) is 0 Å². The van der Waals surface area contributed by atoms with Crippen LogP contribution in [0.15, 0.2) is 255 Å². The van der Waals surface area contributed by atoms with Gasteiger partial charge in [0, 0.05) is 80.9 Å². The Hall–Kier alpha value is -11.5. The molecule has 6 heterocycles. The van der Waals surface area contributed by atoms with Crippen LogP contribution in [0.25, 0.3) is 33.8 Å². The third kappa shape index (κ3) is 17.9. The molecule has 3 aromatic heterocycles. The lowest BCUT2D eigenvalue weighted by atomic mass is 9.20. The van der Waals surface area contributed by atoms with Gasteiger partial charge in [-0.05, 0) is 211 Å². The third-order valence-electron chi connectivity index (χ3n) is 28.4. The zero-order valence-corrected chi connectivity index (χ0v) is 81.7. The van der Waals surface area contributed by atoms with Crippen molar-refractivity contribution in [1.82, 2.24) is 0 Å². The van der Waals surface area contributed by atoms with Crippen LogP contribution in [-0.2, 0) is 40.4 Å². The summed E-state index contributed by atoms with van der Waals surface area (Å²) in [5, 5.41) is 0. The molecule has 9 heteroatoms. The minimum absolute atomic E-state index is 0.0237. The Balaban J connectivity index is 0.000000164. The summed E-state index contributed by atoms with van der Waals surface area (Å²) in [5.41, 5.74) is 38.8. The van der Waals surface area contributed by atoms with Crippen molar-refractivity contribution in [2.45, 2.75) is 206 Å². The monoisotopic (exact) mass is 1740 g/mol. The molecule has 0 saturated carbocycles. The van der Waals surface area contributed by atoms with Gasteiger partial charge >= 0.3 is 0 Å². The number of aryl methyl sites for hydroxylation is 16. The Morgan fingerprint density at radius 2 is 0.553 bits per heavy atom. The van der Waals surface area contributed by atoms with Crippen LogP contribution in [0.1, 0.15) is 208 Å². The van der Waals surface area contributed by atoms with Crippen molar-refractivity contribution >= 4 is 139 Å². The number of benzene rings is 12. The topological polar surface area (TPSA) is 11.6 Å². The molecule has 3 nitrogen and oxygen atoms in total. The molecule has 0 saturated heterocycles. The summed E-state index contributed by atoms with van der Waals surface area (Å²) in [6.45, 7) is 23.5. The van der Waals surface area contributed by atoms with E-state index in [9.17, 15) is 0 Å². The van der Waals surface area contributed by atoms with Crippen molar-refractivity contribution in [3.8, 4) is 33.8 Å². The first-order chi connectivity index (χ1) is 71.1. The lowest BCUT2D eigenvalue weighted by Gasteiger charge is -2.36. The molecular weight excluding hydrogens is 1580 g/mol. The molecule has 3 aliphatic heterocycles. The van der Waals surface area contributed by atoms with Crippen molar-refractivity contribution in [3.05, 3.63) is 372 Å². The SMILES string of the molecule is Cc1cccc(C)c1B1c2ccccc2B(c2c(C)cccc2C)c2c1ccc(-c1cc(CC(C)(C)C)cc[n+]1C)c2C.[2H]C([2H])([2H])c1c[n+](C)c(-c2cc(C)c(B3c4ccccc4B(c4c(C)cccc4C([2H])([2H])[2H])c4ccccc43)c(C([2H])([2H])[2H])c2C)cc1CC(C)(C)C.[2H]C([2H])([2H])c1cc(C)c(B2c3ccccc3B(c3c(C)cc(-c4cc(CC(C)(C)C)c(C([2H])([2H])[2H])c[n+]4C)c(C)c3C([2H])([2H])[2H])c3ccccc32)c(C([2H])([2H])[2H])c1. The molecule has 15 aromatic rings. The van der Waals surface area contributed by atoms with E-state index in [1.807, 2.05) is 151 Å². The van der Waals surface area contributed by atoms with Crippen LogP contribution in [0.2, 0.25) is 0 Å². The number of pyridine rings is 3. The van der Waals surface area contributed by atoms with E-state index in [4.69, 9.17) is 28.8 Å². The second-order valence-corrected chi connectivity index (χ2v) is 41.9. The summed E-state index contributed by atoms with van der Waals surface area (Å²) in [6.07, 6.45) is 7.67. The van der Waals surface area contributed by atoms with E-state index in [2.05, 4.69) is 218 Å². The number of hydrogen-bond donors (Lipinski definition) is 0. The molecule has 0 atom stereocenters. The van der Waals surface area contributed by atoms with Crippen molar-refractivity contribution in [2.75, 3.05) is 0 Å². The van der Waals surface area contributed by atoms with Gasteiger partial charge in [0.15, 0.2) is 18.6 Å². The first kappa shape index (κ1) is 70.2. The van der Waals surface area contributed by atoms with Gasteiger partial charge in [-0.25, -0.2) is 13.7 Å². The number of rotatable bonds is 12. The smallest absolute Gasteiger partial charge is 0.201 e. The van der Waals surface area contributed by atoms with Crippen molar-refractivity contribution in [3.63, 3.8) is 0 Å².